The van der Waals surface area contributed by atoms with Crippen molar-refractivity contribution in [3.63, 3.8) is 0 Å². The summed E-state index contributed by atoms with van der Waals surface area (Å²) >= 11 is 3.20. The quantitative estimate of drug-likeness (QED) is 0.765. The van der Waals surface area contributed by atoms with Gasteiger partial charge in [0.2, 0.25) is 0 Å². The van der Waals surface area contributed by atoms with Gasteiger partial charge in [-0.2, -0.15) is 5.10 Å². The summed E-state index contributed by atoms with van der Waals surface area (Å²) < 4.78 is 0.436. The maximum absolute atomic E-state index is 11.3. The first-order valence-corrected chi connectivity index (χ1v) is 5.96. The molecule has 0 aliphatic heterocycles. The van der Waals surface area contributed by atoms with Gasteiger partial charge in [0.15, 0.2) is 0 Å². The van der Waals surface area contributed by atoms with E-state index in [1.807, 2.05) is 0 Å². The standard InChI is InChI=1S/C10H16BrN3O2/c1-6(2)7(3-4-15)13-8-5-12-14-10(16)9(8)11/h5-7,15H,3-4H2,1-2H3,(H2,13,14,16). The van der Waals surface area contributed by atoms with Crippen LogP contribution in [0, 0.1) is 5.92 Å². The average molecular weight is 290 g/mol. The fourth-order valence-corrected chi connectivity index (χ4v) is 1.70. The molecule has 3 N–H and O–H groups in total. The van der Waals surface area contributed by atoms with Crippen LogP contribution in [-0.2, 0) is 0 Å². The lowest BCUT2D eigenvalue weighted by molar-refractivity contribution is 0.267. The molecular formula is C10H16BrN3O2. The third kappa shape index (κ3) is 3.31. The van der Waals surface area contributed by atoms with Crippen molar-refractivity contribution in [3.8, 4) is 0 Å². The van der Waals surface area contributed by atoms with Crippen LogP contribution in [0.5, 0.6) is 0 Å². The van der Waals surface area contributed by atoms with Crippen molar-refractivity contribution < 1.29 is 5.11 Å². The minimum Gasteiger partial charge on any atom is -0.396 e. The van der Waals surface area contributed by atoms with Gasteiger partial charge >= 0.3 is 0 Å². The lowest BCUT2D eigenvalue weighted by Crippen LogP contribution is -2.28. The second kappa shape index (κ2) is 6.00. The zero-order valence-corrected chi connectivity index (χ0v) is 10.9. The number of aromatic amines is 1. The van der Waals surface area contributed by atoms with Crippen LogP contribution in [-0.4, -0.2) is 28.0 Å². The normalized spacial score (nSPS) is 12.8. The molecule has 1 heterocycles. The van der Waals surface area contributed by atoms with Crippen molar-refractivity contribution in [2.24, 2.45) is 5.92 Å². The number of aliphatic hydroxyl groups is 1. The highest BCUT2D eigenvalue weighted by atomic mass is 79.9. The number of aliphatic hydroxyl groups excluding tert-OH is 1. The Morgan fingerprint density at radius 3 is 2.88 bits per heavy atom. The molecule has 0 aliphatic rings. The van der Waals surface area contributed by atoms with Gasteiger partial charge in [0, 0.05) is 12.6 Å². The highest BCUT2D eigenvalue weighted by Gasteiger charge is 2.14. The van der Waals surface area contributed by atoms with Gasteiger partial charge in [0.05, 0.1) is 11.9 Å². The van der Waals surface area contributed by atoms with Crippen molar-refractivity contribution in [1.82, 2.24) is 10.2 Å². The number of aromatic nitrogens is 2. The topological polar surface area (TPSA) is 78.0 Å². The van der Waals surface area contributed by atoms with Crippen LogP contribution in [0.3, 0.4) is 0 Å². The van der Waals surface area contributed by atoms with Gasteiger partial charge in [0.25, 0.3) is 5.56 Å². The minimum absolute atomic E-state index is 0.115. The number of rotatable bonds is 5. The van der Waals surface area contributed by atoms with Gasteiger partial charge in [-0.15, -0.1) is 0 Å². The van der Waals surface area contributed by atoms with E-state index in [1.54, 1.807) is 6.20 Å². The molecule has 0 aliphatic carbocycles. The monoisotopic (exact) mass is 289 g/mol. The van der Waals surface area contributed by atoms with Crippen LogP contribution in [0.2, 0.25) is 0 Å². The summed E-state index contributed by atoms with van der Waals surface area (Å²) in [6.07, 6.45) is 2.19. The Kier molecular flexibility index (Phi) is 4.95. The second-order valence-electron chi connectivity index (χ2n) is 3.93. The van der Waals surface area contributed by atoms with Gasteiger partial charge in [0.1, 0.15) is 4.47 Å². The Hall–Kier alpha value is -0.880. The molecule has 1 aromatic heterocycles. The van der Waals surface area contributed by atoms with Crippen molar-refractivity contribution in [2.45, 2.75) is 26.3 Å². The van der Waals surface area contributed by atoms with Crippen LogP contribution >= 0.6 is 15.9 Å². The molecule has 1 rings (SSSR count). The maximum Gasteiger partial charge on any atom is 0.280 e. The van der Waals surface area contributed by atoms with Crippen LogP contribution < -0.4 is 10.9 Å². The molecule has 5 nitrogen and oxygen atoms in total. The van der Waals surface area contributed by atoms with Gasteiger partial charge in [-0.05, 0) is 28.3 Å². The highest BCUT2D eigenvalue weighted by molar-refractivity contribution is 9.10. The van der Waals surface area contributed by atoms with Crippen molar-refractivity contribution in [2.75, 3.05) is 11.9 Å². The van der Waals surface area contributed by atoms with Crippen molar-refractivity contribution >= 4 is 21.6 Å². The van der Waals surface area contributed by atoms with E-state index < -0.39 is 0 Å². The number of H-pyrrole nitrogens is 1. The number of hydrogen-bond donors (Lipinski definition) is 3. The van der Waals surface area contributed by atoms with E-state index in [0.29, 0.717) is 22.5 Å². The van der Waals surface area contributed by atoms with Crippen LogP contribution in [0.4, 0.5) is 5.69 Å². The first kappa shape index (κ1) is 13.2. The smallest absolute Gasteiger partial charge is 0.280 e. The molecule has 0 spiro atoms. The minimum atomic E-state index is -0.267. The molecule has 1 unspecified atom stereocenters. The van der Waals surface area contributed by atoms with Crippen LogP contribution in [0.15, 0.2) is 15.5 Å². The largest absolute Gasteiger partial charge is 0.396 e. The molecule has 90 valence electrons. The summed E-state index contributed by atoms with van der Waals surface area (Å²) in [4.78, 5) is 11.3. The Morgan fingerprint density at radius 2 is 2.31 bits per heavy atom. The number of hydrogen-bond acceptors (Lipinski definition) is 4. The number of anilines is 1. The zero-order valence-electron chi connectivity index (χ0n) is 9.33. The lowest BCUT2D eigenvalue weighted by Gasteiger charge is -2.22. The summed E-state index contributed by atoms with van der Waals surface area (Å²) in [5.41, 5.74) is 0.382. The average Bonchev–Trinajstić information content (AvgIpc) is 2.23. The van der Waals surface area contributed by atoms with Crippen LogP contribution in [0.25, 0.3) is 0 Å². The summed E-state index contributed by atoms with van der Waals surface area (Å²) in [7, 11) is 0. The summed E-state index contributed by atoms with van der Waals surface area (Å²) in [5.74, 6) is 0.360. The molecule has 0 amide bonds. The van der Waals surface area contributed by atoms with E-state index in [1.165, 1.54) is 0 Å². The number of halogens is 1. The van der Waals surface area contributed by atoms with Gasteiger partial charge in [-0.1, -0.05) is 13.8 Å². The van der Waals surface area contributed by atoms with E-state index in [9.17, 15) is 4.79 Å². The molecule has 0 bridgehead atoms. The Bertz CT molecular complexity index is 392. The maximum atomic E-state index is 11.3. The van der Waals surface area contributed by atoms with E-state index in [0.717, 1.165) is 0 Å². The molecular weight excluding hydrogens is 274 g/mol. The molecule has 16 heavy (non-hydrogen) atoms. The number of nitrogens with zero attached hydrogens (tertiary/aromatic N) is 1. The third-order valence-corrected chi connectivity index (χ3v) is 3.17. The first-order valence-electron chi connectivity index (χ1n) is 5.16. The van der Waals surface area contributed by atoms with Gasteiger partial charge < -0.3 is 10.4 Å². The lowest BCUT2D eigenvalue weighted by atomic mass is 10.0. The molecule has 0 radical (unpaired) electrons. The summed E-state index contributed by atoms with van der Waals surface area (Å²) in [5, 5.41) is 18.2. The number of nitrogens with one attached hydrogen (secondary N) is 2. The SMILES string of the molecule is CC(C)C(CCO)Nc1cn[nH]c(=O)c1Br. The molecule has 0 aromatic carbocycles. The van der Waals surface area contributed by atoms with Crippen molar-refractivity contribution in [1.29, 1.82) is 0 Å². The Balaban J connectivity index is 2.85. The molecule has 6 heteroatoms. The third-order valence-electron chi connectivity index (χ3n) is 2.38. The Labute approximate surface area is 102 Å². The molecule has 1 aromatic rings. The van der Waals surface area contributed by atoms with Crippen molar-refractivity contribution in [3.05, 3.63) is 21.0 Å². The molecule has 0 fully saturated rings. The molecule has 0 saturated heterocycles. The molecule has 1 atom stereocenters. The van der Waals surface area contributed by atoms with E-state index in [-0.39, 0.29) is 18.2 Å². The fraction of sp³-hybridized carbons (Fsp3) is 0.600. The first-order chi connectivity index (χ1) is 7.56. The highest BCUT2D eigenvalue weighted by Crippen LogP contribution is 2.19. The van der Waals surface area contributed by atoms with Gasteiger partial charge in [-0.25, -0.2) is 5.10 Å². The fourth-order valence-electron chi connectivity index (χ4n) is 1.40. The predicted molar refractivity (Wildman–Crippen MR) is 66.5 cm³/mol. The van der Waals surface area contributed by atoms with Crippen LogP contribution in [0.1, 0.15) is 20.3 Å². The Morgan fingerprint density at radius 1 is 1.62 bits per heavy atom. The van der Waals surface area contributed by atoms with E-state index >= 15 is 0 Å². The predicted octanol–water partition coefficient (Wildman–Crippen LogP) is 1.35. The molecule has 0 saturated carbocycles. The van der Waals surface area contributed by atoms with Gasteiger partial charge in [-0.3, -0.25) is 4.79 Å². The zero-order chi connectivity index (χ0) is 12.1. The summed E-state index contributed by atoms with van der Waals surface area (Å²) in [6.45, 7) is 4.23. The van der Waals surface area contributed by atoms with E-state index in [2.05, 4.69) is 45.3 Å². The van der Waals surface area contributed by atoms with E-state index in [4.69, 9.17) is 5.11 Å². The second-order valence-corrected chi connectivity index (χ2v) is 4.73. The summed E-state index contributed by atoms with van der Waals surface area (Å²) in [6, 6.07) is 0.116.